The van der Waals surface area contributed by atoms with E-state index in [1.807, 2.05) is 0 Å². The summed E-state index contributed by atoms with van der Waals surface area (Å²) in [5.41, 5.74) is -0.694. The molecular weight excluding hydrogens is 304 g/mol. The monoisotopic (exact) mass is 327 g/mol. The van der Waals surface area contributed by atoms with Crippen LogP contribution in [0.2, 0.25) is 0 Å². The first-order valence-electron chi connectivity index (χ1n) is 7.76. The first kappa shape index (κ1) is 17.7. The van der Waals surface area contributed by atoms with E-state index in [1.54, 1.807) is 20.8 Å². The maximum atomic E-state index is 13.7. The molecule has 1 amide bonds. The van der Waals surface area contributed by atoms with Gasteiger partial charge in [0.05, 0.1) is 6.10 Å². The summed E-state index contributed by atoms with van der Waals surface area (Å²) in [5.74, 6) is -1.54. The Balaban J connectivity index is 1.95. The van der Waals surface area contributed by atoms with Gasteiger partial charge < -0.3 is 14.7 Å². The Kier molecular flexibility index (Phi) is 5.24. The molecule has 1 fully saturated rings. The molecule has 1 N–H and O–H groups in total. The van der Waals surface area contributed by atoms with Crippen LogP contribution in [0.3, 0.4) is 0 Å². The number of benzene rings is 1. The minimum atomic E-state index is -0.908. The van der Waals surface area contributed by atoms with Gasteiger partial charge in [0, 0.05) is 31.0 Å². The number of rotatable bonds is 3. The molecule has 128 valence electrons. The molecule has 0 aliphatic carbocycles. The molecule has 1 aromatic rings. The maximum Gasteiger partial charge on any atom is 0.410 e. The van der Waals surface area contributed by atoms with Gasteiger partial charge >= 0.3 is 6.09 Å². The molecule has 6 heteroatoms. The van der Waals surface area contributed by atoms with Crippen LogP contribution < -0.4 is 0 Å². The van der Waals surface area contributed by atoms with E-state index in [0.29, 0.717) is 19.5 Å². The van der Waals surface area contributed by atoms with Crippen molar-refractivity contribution in [3.63, 3.8) is 0 Å². The normalized spacial score (nSPS) is 19.7. The standard InChI is InChI=1S/C17H23F2NO3/c1-17(2,3)23-16(22)20-8-7-11(10-20)15(21)9-12-13(18)5-4-6-14(12)19/h4-6,11,15,21H,7-10H2,1-3H3. The average molecular weight is 327 g/mol. The number of aliphatic hydroxyl groups is 1. The smallest absolute Gasteiger partial charge is 0.410 e. The molecule has 2 atom stereocenters. The number of aliphatic hydroxyl groups excluding tert-OH is 1. The van der Waals surface area contributed by atoms with Gasteiger partial charge in [-0.05, 0) is 39.3 Å². The van der Waals surface area contributed by atoms with Gasteiger partial charge in [0.25, 0.3) is 0 Å². The number of likely N-dealkylation sites (tertiary alicyclic amines) is 1. The van der Waals surface area contributed by atoms with Crippen molar-refractivity contribution in [1.29, 1.82) is 0 Å². The van der Waals surface area contributed by atoms with Crippen LogP contribution in [0, 0.1) is 17.6 Å². The van der Waals surface area contributed by atoms with E-state index >= 15 is 0 Å². The summed E-state index contributed by atoms with van der Waals surface area (Å²) < 4.78 is 32.6. The van der Waals surface area contributed by atoms with Crippen molar-refractivity contribution in [3.8, 4) is 0 Å². The van der Waals surface area contributed by atoms with Crippen molar-refractivity contribution in [2.75, 3.05) is 13.1 Å². The summed E-state index contributed by atoms with van der Waals surface area (Å²) in [6.45, 7) is 6.15. The summed E-state index contributed by atoms with van der Waals surface area (Å²) >= 11 is 0. The molecule has 0 bridgehead atoms. The third-order valence-electron chi connectivity index (χ3n) is 3.90. The Morgan fingerprint density at radius 3 is 2.57 bits per heavy atom. The third-order valence-corrected chi connectivity index (χ3v) is 3.90. The Morgan fingerprint density at radius 2 is 2.00 bits per heavy atom. The van der Waals surface area contributed by atoms with Crippen LogP contribution in [-0.2, 0) is 11.2 Å². The highest BCUT2D eigenvalue weighted by atomic mass is 19.1. The lowest BCUT2D eigenvalue weighted by Crippen LogP contribution is -2.36. The topological polar surface area (TPSA) is 49.8 Å². The predicted molar refractivity (Wildman–Crippen MR) is 82.0 cm³/mol. The molecule has 4 nitrogen and oxygen atoms in total. The number of hydrogen-bond acceptors (Lipinski definition) is 3. The van der Waals surface area contributed by atoms with Crippen molar-refractivity contribution in [3.05, 3.63) is 35.4 Å². The molecule has 0 spiro atoms. The molecule has 1 saturated heterocycles. The van der Waals surface area contributed by atoms with Crippen LogP contribution >= 0.6 is 0 Å². The quantitative estimate of drug-likeness (QED) is 0.928. The van der Waals surface area contributed by atoms with Gasteiger partial charge in [0.1, 0.15) is 17.2 Å². The highest BCUT2D eigenvalue weighted by Crippen LogP contribution is 2.25. The largest absolute Gasteiger partial charge is 0.444 e. The van der Waals surface area contributed by atoms with Crippen LogP contribution in [-0.4, -0.2) is 40.9 Å². The lowest BCUT2D eigenvalue weighted by Gasteiger charge is -2.25. The minimum Gasteiger partial charge on any atom is -0.444 e. The lowest BCUT2D eigenvalue weighted by atomic mass is 9.95. The number of ether oxygens (including phenoxy) is 1. The highest BCUT2D eigenvalue weighted by molar-refractivity contribution is 5.68. The summed E-state index contributed by atoms with van der Waals surface area (Å²) in [5, 5.41) is 10.3. The van der Waals surface area contributed by atoms with E-state index in [0.717, 1.165) is 0 Å². The highest BCUT2D eigenvalue weighted by Gasteiger charge is 2.33. The van der Waals surface area contributed by atoms with E-state index in [9.17, 15) is 18.7 Å². The maximum absolute atomic E-state index is 13.7. The van der Waals surface area contributed by atoms with Gasteiger partial charge in [-0.25, -0.2) is 13.6 Å². The van der Waals surface area contributed by atoms with Gasteiger partial charge in [-0.1, -0.05) is 6.07 Å². The number of carbonyl (C=O) groups is 1. The molecule has 0 saturated carbocycles. The predicted octanol–water partition coefficient (Wildman–Crippen LogP) is 3.13. The summed E-state index contributed by atoms with van der Waals surface area (Å²) in [7, 11) is 0. The van der Waals surface area contributed by atoms with Crippen molar-refractivity contribution in [1.82, 2.24) is 4.90 Å². The number of nitrogens with zero attached hydrogens (tertiary/aromatic N) is 1. The van der Waals surface area contributed by atoms with Gasteiger partial charge in [-0.2, -0.15) is 0 Å². The van der Waals surface area contributed by atoms with Crippen molar-refractivity contribution in [2.45, 2.75) is 45.3 Å². The SMILES string of the molecule is CC(C)(C)OC(=O)N1CCC(C(O)Cc2c(F)cccc2F)C1. The zero-order valence-corrected chi connectivity index (χ0v) is 13.7. The Hall–Kier alpha value is -1.69. The molecule has 1 aliphatic rings. The van der Waals surface area contributed by atoms with Gasteiger partial charge in [0.15, 0.2) is 0 Å². The number of hydrogen-bond donors (Lipinski definition) is 1. The van der Waals surface area contributed by atoms with Crippen LogP contribution in [0.15, 0.2) is 18.2 Å². The van der Waals surface area contributed by atoms with E-state index in [-0.39, 0.29) is 17.9 Å². The minimum absolute atomic E-state index is 0.106. The fraction of sp³-hybridized carbons (Fsp3) is 0.588. The molecule has 1 heterocycles. The second-order valence-corrected chi connectivity index (χ2v) is 6.95. The van der Waals surface area contributed by atoms with Crippen LogP contribution in [0.5, 0.6) is 0 Å². The number of carbonyl (C=O) groups excluding carboxylic acids is 1. The van der Waals surface area contributed by atoms with Crippen LogP contribution in [0.25, 0.3) is 0 Å². The average Bonchev–Trinajstić information content (AvgIpc) is 2.91. The van der Waals surface area contributed by atoms with Crippen molar-refractivity contribution >= 4 is 6.09 Å². The lowest BCUT2D eigenvalue weighted by molar-refractivity contribution is 0.0268. The third kappa shape index (κ3) is 4.64. The molecule has 23 heavy (non-hydrogen) atoms. The van der Waals surface area contributed by atoms with Crippen LogP contribution in [0.4, 0.5) is 13.6 Å². The van der Waals surface area contributed by atoms with Gasteiger partial charge in [-0.15, -0.1) is 0 Å². The first-order valence-corrected chi connectivity index (χ1v) is 7.76. The Morgan fingerprint density at radius 1 is 1.39 bits per heavy atom. The van der Waals surface area contributed by atoms with E-state index < -0.39 is 29.4 Å². The summed E-state index contributed by atoms with van der Waals surface area (Å²) in [6, 6.07) is 3.64. The molecule has 2 unspecified atom stereocenters. The fourth-order valence-electron chi connectivity index (χ4n) is 2.70. The van der Waals surface area contributed by atoms with Crippen molar-refractivity contribution in [2.24, 2.45) is 5.92 Å². The van der Waals surface area contributed by atoms with E-state index in [1.165, 1.54) is 23.1 Å². The zero-order valence-electron chi connectivity index (χ0n) is 13.7. The summed E-state index contributed by atoms with van der Waals surface area (Å²) in [4.78, 5) is 13.5. The van der Waals surface area contributed by atoms with E-state index in [4.69, 9.17) is 4.74 Å². The molecule has 0 radical (unpaired) electrons. The molecule has 1 aliphatic heterocycles. The fourth-order valence-corrected chi connectivity index (χ4v) is 2.70. The molecule has 0 aromatic heterocycles. The Labute approximate surface area is 135 Å². The first-order chi connectivity index (χ1) is 10.7. The molecule has 1 aromatic carbocycles. The number of halogens is 2. The van der Waals surface area contributed by atoms with Crippen molar-refractivity contribution < 1.29 is 23.4 Å². The molecular formula is C17H23F2NO3. The molecule has 2 rings (SSSR count). The van der Waals surface area contributed by atoms with Gasteiger partial charge in [-0.3, -0.25) is 0 Å². The van der Waals surface area contributed by atoms with Gasteiger partial charge in [0.2, 0.25) is 0 Å². The van der Waals surface area contributed by atoms with Crippen LogP contribution in [0.1, 0.15) is 32.8 Å². The Bertz CT molecular complexity index is 551. The zero-order chi connectivity index (χ0) is 17.2. The second kappa shape index (κ2) is 6.83. The number of amides is 1. The van der Waals surface area contributed by atoms with E-state index in [2.05, 4.69) is 0 Å². The second-order valence-electron chi connectivity index (χ2n) is 6.95. The summed E-state index contributed by atoms with van der Waals surface area (Å²) in [6.07, 6.45) is -0.861.